The monoisotopic (exact) mass is 387 g/mol. The van der Waals surface area contributed by atoms with Gasteiger partial charge in [-0.3, -0.25) is 0 Å². The van der Waals surface area contributed by atoms with Crippen LogP contribution >= 0.6 is 11.8 Å². The zero-order valence-corrected chi connectivity index (χ0v) is 13.7. The summed E-state index contributed by atoms with van der Waals surface area (Å²) in [5.41, 5.74) is -4.71. The second-order valence-corrected chi connectivity index (χ2v) is 6.66. The van der Waals surface area contributed by atoms with Crippen LogP contribution in [0.3, 0.4) is 0 Å². The molecule has 9 heteroatoms. The van der Waals surface area contributed by atoms with Crippen LogP contribution in [0.1, 0.15) is 22.8 Å². The first-order chi connectivity index (χ1) is 12.2. The van der Waals surface area contributed by atoms with E-state index < -0.39 is 35.4 Å². The van der Waals surface area contributed by atoms with Crippen LogP contribution < -0.4 is 4.74 Å². The minimum Gasteiger partial charge on any atom is -0.457 e. The van der Waals surface area contributed by atoms with E-state index >= 15 is 0 Å². The van der Waals surface area contributed by atoms with Crippen molar-refractivity contribution >= 4 is 11.8 Å². The van der Waals surface area contributed by atoms with Crippen LogP contribution in [-0.4, -0.2) is 16.8 Å². The molecule has 0 spiro atoms. The maximum absolute atomic E-state index is 13.9. The molecule has 0 saturated heterocycles. The molecule has 0 radical (unpaired) electrons. The Bertz CT molecular complexity index is 894. The fraction of sp³-hybridized carbons (Fsp3) is 0.235. The molecule has 2 aromatic carbocycles. The van der Waals surface area contributed by atoms with Crippen molar-refractivity contribution in [3.63, 3.8) is 0 Å². The first kappa shape index (κ1) is 18.5. The minimum absolute atomic E-state index is 0.000198. The van der Waals surface area contributed by atoms with E-state index in [1.807, 2.05) is 0 Å². The lowest BCUT2D eigenvalue weighted by Gasteiger charge is -2.16. The summed E-state index contributed by atoms with van der Waals surface area (Å²) in [6.45, 7) is 0. The van der Waals surface area contributed by atoms with Crippen LogP contribution in [-0.2, 0) is 6.42 Å². The number of hydrogen-bond acceptors (Lipinski definition) is 4. The average Bonchev–Trinajstić information content (AvgIpc) is 2.84. The SMILES string of the molecule is N#Cc1cc(F)cc(Oc2ccc(SC(F)(F)F)c3c2CC(F)C3O)c1. The molecular formula is C17H10F5NO2S. The van der Waals surface area contributed by atoms with Crippen molar-refractivity contribution in [1.29, 1.82) is 5.26 Å². The number of thioether (sulfide) groups is 1. The van der Waals surface area contributed by atoms with Crippen molar-refractivity contribution in [3.8, 4) is 17.6 Å². The van der Waals surface area contributed by atoms with Gasteiger partial charge in [0.2, 0.25) is 0 Å². The highest BCUT2D eigenvalue weighted by molar-refractivity contribution is 8.00. The number of hydrogen-bond donors (Lipinski definition) is 1. The molecule has 2 aromatic rings. The lowest BCUT2D eigenvalue weighted by molar-refractivity contribution is -0.0329. The van der Waals surface area contributed by atoms with Crippen LogP contribution in [0.4, 0.5) is 22.0 Å². The van der Waals surface area contributed by atoms with Gasteiger partial charge in [-0.2, -0.15) is 18.4 Å². The van der Waals surface area contributed by atoms with Gasteiger partial charge in [0.1, 0.15) is 29.6 Å². The first-order valence-corrected chi connectivity index (χ1v) is 8.12. The van der Waals surface area contributed by atoms with Gasteiger partial charge in [-0.25, -0.2) is 8.78 Å². The molecule has 1 aliphatic carbocycles. The number of halogens is 5. The number of aliphatic hydroxyl groups is 1. The summed E-state index contributed by atoms with van der Waals surface area (Å²) in [5.74, 6) is -0.791. The second-order valence-electron chi connectivity index (χ2n) is 5.56. The van der Waals surface area contributed by atoms with Crippen molar-refractivity contribution in [1.82, 2.24) is 0 Å². The highest BCUT2D eigenvalue weighted by atomic mass is 32.2. The number of ether oxygens (including phenoxy) is 1. The van der Waals surface area contributed by atoms with Crippen molar-refractivity contribution in [3.05, 3.63) is 52.8 Å². The van der Waals surface area contributed by atoms with Crippen LogP contribution in [0.15, 0.2) is 35.2 Å². The van der Waals surface area contributed by atoms with E-state index in [4.69, 9.17) is 10.00 Å². The summed E-state index contributed by atoms with van der Waals surface area (Å²) >= 11 is -0.450. The van der Waals surface area contributed by atoms with E-state index in [0.29, 0.717) is 0 Å². The predicted molar refractivity (Wildman–Crippen MR) is 83.1 cm³/mol. The minimum atomic E-state index is -4.60. The van der Waals surface area contributed by atoms with Crippen LogP contribution in [0, 0.1) is 17.1 Å². The second kappa shape index (κ2) is 6.78. The maximum Gasteiger partial charge on any atom is 0.446 e. The highest BCUT2D eigenvalue weighted by Crippen LogP contribution is 2.48. The molecule has 3 nitrogen and oxygen atoms in total. The molecule has 0 amide bonds. The number of benzene rings is 2. The van der Waals surface area contributed by atoms with E-state index in [0.717, 1.165) is 18.2 Å². The number of aliphatic hydroxyl groups excluding tert-OH is 1. The third-order valence-electron chi connectivity index (χ3n) is 3.77. The Morgan fingerprint density at radius 1 is 1.23 bits per heavy atom. The Kier molecular flexibility index (Phi) is 4.82. The van der Waals surface area contributed by atoms with Gasteiger partial charge in [-0.05, 0) is 36.0 Å². The van der Waals surface area contributed by atoms with Gasteiger partial charge in [0.25, 0.3) is 0 Å². The molecule has 2 atom stereocenters. The fourth-order valence-electron chi connectivity index (χ4n) is 2.77. The normalized spacial score (nSPS) is 19.1. The van der Waals surface area contributed by atoms with E-state index in [1.54, 1.807) is 6.07 Å². The molecule has 0 bridgehead atoms. The summed E-state index contributed by atoms with van der Waals surface area (Å²) < 4.78 is 71.0. The largest absolute Gasteiger partial charge is 0.457 e. The predicted octanol–water partition coefficient (Wildman–Crippen LogP) is 5.03. The summed E-state index contributed by atoms with van der Waals surface area (Å²) in [6, 6.07) is 7.24. The Morgan fingerprint density at radius 2 is 1.96 bits per heavy atom. The fourth-order valence-corrected chi connectivity index (χ4v) is 3.51. The van der Waals surface area contributed by atoms with E-state index in [2.05, 4.69) is 0 Å². The molecule has 0 heterocycles. The third kappa shape index (κ3) is 3.76. The van der Waals surface area contributed by atoms with Crippen LogP contribution in [0.25, 0.3) is 0 Å². The Hall–Kier alpha value is -2.31. The Morgan fingerprint density at radius 3 is 2.62 bits per heavy atom. The number of rotatable bonds is 3. The van der Waals surface area contributed by atoms with E-state index in [9.17, 15) is 27.1 Å². The Labute approximate surface area is 149 Å². The zero-order valence-electron chi connectivity index (χ0n) is 12.8. The first-order valence-electron chi connectivity index (χ1n) is 7.30. The van der Waals surface area contributed by atoms with E-state index in [1.165, 1.54) is 12.1 Å². The molecule has 0 aromatic heterocycles. The van der Waals surface area contributed by atoms with Crippen molar-refractivity contribution < 1.29 is 31.8 Å². The zero-order chi connectivity index (χ0) is 19.1. The summed E-state index contributed by atoms with van der Waals surface area (Å²) in [6.07, 6.45) is -3.82. The molecule has 1 aliphatic rings. The van der Waals surface area contributed by atoms with Crippen molar-refractivity contribution in [2.45, 2.75) is 29.1 Å². The summed E-state index contributed by atoms with van der Waals surface area (Å²) in [5, 5.41) is 18.8. The smallest absolute Gasteiger partial charge is 0.446 e. The lowest BCUT2D eigenvalue weighted by atomic mass is 10.1. The van der Waals surface area contributed by atoms with Crippen LogP contribution in [0.2, 0.25) is 0 Å². The number of nitriles is 1. The van der Waals surface area contributed by atoms with Gasteiger partial charge in [0.05, 0.1) is 11.6 Å². The highest BCUT2D eigenvalue weighted by Gasteiger charge is 2.39. The molecule has 0 aliphatic heterocycles. The number of alkyl halides is 4. The van der Waals surface area contributed by atoms with Gasteiger partial charge in [0.15, 0.2) is 0 Å². The summed E-state index contributed by atoms with van der Waals surface area (Å²) in [4.78, 5) is -0.315. The molecule has 0 fully saturated rings. The molecule has 1 N–H and O–H groups in total. The lowest BCUT2D eigenvalue weighted by Crippen LogP contribution is -2.08. The third-order valence-corrected chi connectivity index (χ3v) is 4.57. The standard InChI is InChI=1S/C17H10F5NO2S/c18-9-3-8(7-23)4-10(5-9)25-13-1-2-14(26-17(20,21)22)15-11(13)6-12(19)16(15)24/h1-5,12,16,24H,6H2. The average molecular weight is 387 g/mol. The molecular weight excluding hydrogens is 377 g/mol. The van der Waals surface area contributed by atoms with E-state index in [-0.39, 0.29) is 39.5 Å². The molecule has 3 rings (SSSR count). The van der Waals surface area contributed by atoms with Gasteiger partial charge in [0, 0.05) is 28.5 Å². The van der Waals surface area contributed by atoms with Crippen molar-refractivity contribution in [2.24, 2.45) is 0 Å². The van der Waals surface area contributed by atoms with Gasteiger partial charge in [-0.1, -0.05) is 0 Å². The molecule has 26 heavy (non-hydrogen) atoms. The van der Waals surface area contributed by atoms with Crippen molar-refractivity contribution in [2.75, 3.05) is 0 Å². The van der Waals surface area contributed by atoms with Crippen LogP contribution in [0.5, 0.6) is 11.5 Å². The van der Waals surface area contributed by atoms with Gasteiger partial charge in [-0.15, -0.1) is 0 Å². The number of nitrogens with zero attached hydrogens (tertiary/aromatic N) is 1. The molecule has 0 saturated carbocycles. The molecule has 136 valence electrons. The quantitative estimate of drug-likeness (QED) is 0.593. The maximum atomic E-state index is 13.9. The molecule has 2 unspecified atom stereocenters. The topological polar surface area (TPSA) is 53.2 Å². The van der Waals surface area contributed by atoms with Gasteiger partial charge >= 0.3 is 5.51 Å². The number of fused-ring (bicyclic) bond motifs is 1. The van der Waals surface area contributed by atoms with Gasteiger partial charge < -0.3 is 9.84 Å². The summed E-state index contributed by atoms with van der Waals surface area (Å²) in [7, 11) is 0. The Balaban J connectivity index is 2.03.